The van der Waals surface area contributed by atoms with Gasteiger partial charge < -0.3 is 10.2 Å². The van der Waals surface area contributed by atoms with Crippen molar-refractivity contribution in [3.8, 4) is 6.07 Å². The summed E-state index contributed by atoms with van der Waals surface area (Å²) in [7, 11) is 3.96. The summed E-state index contributed by atoms with van der Waals surface area (Å²) < 4.78 is 1.75. The topological polar surface area (TPSA) is 74.0 Å². The minimum Gasteiger partial charge on any atom is -0.378 e. The normalized spacial score (nSPS) is 10.3. The lowest BCUT2D eigenvalue weighted by Crippen LogP contribution is -2.15. The SMILES string of the molecule is CN(C)c1ccc(CC(=O)Nc2ccn(Cc3ccc(C#N)cc3)n2)cc1. The van der Waals surface area contributed by atoms with Crippen LogP contribution in [0.2, 0.25) is 0 Å². The van der Waals surface area contributed by atoms with Gasteiger partial charge in [0.05, 0.1) is 24.6 Å². The van der Waals surface area contributed by atoms with Crippen LogP contribution in [0.15, 0.2) is 60.8 Å². The maximum atomic E-state index is 12.2. The standard InChI is InChI=1S/C21H21N5O/c1-25(2)19-9-7-16(8-10-19)13-21(27)23-20-11-12-26(24-20)15-18-5-3-17(14-22)4-6-18/h3-12H,13,15H2,1-2H3,(H,23,24,27). The fraction of sp³-hybridized carbons (Fsp3) is 0.190. The van der Waals surface area contributed by atoms with Gasteiger partial charge in [0.25, 0.3) is 0 Å². The number of carbonyl (C=O) groups excluding carboxylic acids is 1. The van der Waals surface area contributed by atoms with Gasteiger partial charge in [0.2, 0.25) is 5.91 Å². The van der Waals surface area contributed by atoms with Crippen LogP contribution < -0.4 is 10.2 Å². The average molecular weight is 359 g/mol. The molecular formula is C21H21N5O. The first-order valence-corrected chi connectivity index (χ1v) is 8.62. The zero-order valence-corrected chi connectivity index (χ0v) is 15.4. The lowest BCUT2D eigenvalue weighted by atomic mass is 10.1. The molecule has 1 amide bonds. The van der Waals surface area contributed by atoms with Crippen LogP contribution in [0.25, 0.3) is 0 Å². The smallest absolute Gasteiger partial charge is 0.229 e. The molecule has 27 heavy (non-hydrogen) atoms. The molecule has 0 radical (unpaired) electrons. The van der Waals surface area contributed by atoms with Gasteiger partial charge in [0, 0.05) is 32.0 Å². The van der Waals surface area contributed by atoms with Gasteiger partial charge in [-0.3, -0.25) is 9.48 Å². The van der Waals surface area contributed by atoms with Gasteiger partial charge in [-0.05, 0) is 35.4 Å². The molecule has 136 valence electrons. The van der Waals surface area contributed by atoms with Gasteiger partial charge in [0.1, 0.15) is 0 Å². The highest BCUT2D eigenvalue weighted by molar-refractivity contribution is 5.91. The molecule has 6 nitrogen and oxygen atoms in total. The Hall–Kier alpha value is -3.59. The highest BCUT2D eigenvalue weighted by atomic mass is 16.1. The summed E-state index contributed by atoms with van der Waals surface area (Å²) in [5.41, 5.74) is 3.72. The predicted octanol–water partition coefficient (Wildman–Crippen LogP) is 3.05. The van der Waals surface area contributed by atoms with E-state index in [9.17, 15) is 4.79 Å². The number of anilines is 2. The van der Waals surface area contributed by atoms with Crippen LogP contribution in [0.3, 0.4) is 0 Å². The van der Waals surface area contributed by atoms with Gasteiger partial charge >= 0.3 is 0 Å². The van der Waals surface area contributed by atoms with E-state index in [1.165, 1.54) is 0 Å². The first kappa shape index (κ1) is 18.2. The Labute approximate surface area is 158 Å². The van der Waals surface area contributed by atoms with Crippen molar-refractivity contribution in [1.29, 1.82) is 5.26 Å². The maximum Gasteiger partial charge on any atom is 0.229 e. The second kappa shape index (κ2) is 8.19. The van der Waals surface area contributed by atoms with Gasteiger partial charge in [-0.25, -0.2) is 0 Å². The van der Waals surface area contributed by atoms with Crippen molar-refractivity contribution in [2.24, 2.45) is 0 Å². The molecule has 2 aromatic carbocycles. The zero-order chi connectivity index (χ0) is 19.2. The van der Waals surface area contributed by atoms with Crippen LogP contribution in [0, 0.1) is 11.3 Å². The third-order valence-electron chi connectivity index (χ3n) is 4.15. The molecule has 0 aliphatic heterocycles. The van der Waals surface area contributed by atoms with Crippen LogP contribution in [-0.4, -0.2) is 29.8 Å². The summed E-state index contributed by atoms with van der Waals surface area (Å²) in [6, 6.07) is 19.1. The molecule has 6 heteroatoms. The number of aromatic nitrogens is 2. The number of benzene rings is 2. The summed E-state index contributed by atoms with van der Waals surface area (Å²) in [5, 5.41) is 16.0. The van der Waals surface area contributed by atoms with E-state index in [0.717, 1.165) is 16.8 Å². The molecule has 0 fully saturated rings. The summed E-state index contributed by atoms with van der Waals surface area (Å²) >= 11 is 0. The average Bonchev–Trinajstić information content (AvgIpc) is 3.09. The molecule has 3 aromatic rings. The Morgan fingerprint density at radius 2 is 1.74 bits per heavy atom. The molecule has 0 saturated heterocycles. The Balaban J connectivity index is 1.56. The Morgan fingerprint density at radius 1 is 1.07 bits per heavy atom. The lowest BCUT2D eigenvalue weighted by molar-refractivity contribution is -0.115. The molecule has 0 spiro atoms. The van der Waals surface area contributed by atoms with E-state index in [0.29, 0.717) is 24.3 Å². The minimum absolute atomic E-state index is 0.101. The molecule has 3 rings (SSSR count). The zero-order valence-electron chi connectivity index (χ0n) is 15.4. The van der Waals surface area contributed by atoms with Crippen LogP contribution in [-0.2, 0) is 17.8 Å². The molecule has 0 atom stereocenters. The minimum atomic E-state index is -0.101. The third kappa shape index (κ3) is 4.95. The van der Waals surface area contributed by atoms with Gasteiger partial charge in [-0.1, -0.05) is 24.3 Å². The van der Waals surface area contributed by atoms with Crippen molar-refractivity contribution >= 4 is 17.4 Å². The largest absolute Gasteiger partial charge is 0.378 e. The molecule has 1 N–H and O–H groups in total. The highest BCUT2D eigenvalue weighted by Crippen LogP contribution is 2.13. The summed E-state index contributed by atoms with van der Waals surface area (Å²) in [6.07, 6.45) is 2.12. The molecule has 0 aliphatic rings. The number of nitrogens with zero attached hydrogens (tertiary/aromatic N) is 4. The summed E-state index contributed by atoms with van der Waals surface area (Å²) in [5.74, 6) is 0.426. The van der Waals surface area contributed by atoms with Crippen LogP contribution in [0.1, 0.15) is 16.7 Å². The highest BCUT2D eigenvalue weighted by Gasteiger charge is 2.07. The van der Waals surface area contributed by atoms with Crippen molar-refractivity contribution < 1.29 is 4.79 Å². The summed E-state index contributed by atoms with van der Waals surface area (Å²) in [4.78, 5) is 14.3. The van der Waals surface area contributed by atoms with E-state index < -0.39 is 0 Å². The number of amides is 1. The Morgan fingerprint density at radius 3 is 2.37 bits per heavy atom. The molecule has 0 saturated carbocycles. The fourth-order valence-electron chi connectivity index (χ4n) is 2.67. The van der Waals surface area contributed by atoms with Crippen molar-refractivity contribution in [3.63, 3.8) is 0 Å². The molecule has 1 heterocycles. The molecule has 0 unspecified atom stereocenters. The third-order valence-corrected chi connectivity index (χ3v) is 4.15. The van der Waals surface area contributed by atoms with E-state index in [1.54, 1.807) is 22.9 Å². The van der Waals surface area contributed by atoms with E-state index in [2.05, 4.69) is 16.5 Å². The molecule has 1 aromatic heterocycles. The van der Waals surface area contributed by atoms with Crippen molar-refractivity contribution in [2.75, 3.05) is 24.3 Å². The molecular weight excluding hydrogens is 338 g/mol. The number of nitriles is 1. The monoisotopic (exact) mass is 359 g/mol. The van der Waals surface area contributed by atoms with Crippen LogP contribution >= 0.6 is 0 Å². The van der Waals surface area contributed by atoms with E-state index in [1.807, 2.05) is 61.6 Å². The van der Waals surface area contributed by atoms with Crippen molar-refractivity contribution in [2.45, 2.75) is 13.0 Å². The second-order valence-electron chi connectivity index (χ2n) is 6.49. The maximum absolute atomic E-state index is 12.2. The summed E-state index contributed by atoms with van der Waals surface area (Å²) in [6.45, 7) is 0.577. The van der Waals surface area contributed by atoms with E-state index in [-0.39, 0.29) is 5.91 Å². The van der Waals surface area contributed by atoms with E-state index in [4.69, 9.17) is 5.26 Å². The molecule has 0 aliphatic carbocycles. The number of hydrogen-bond acceptors (Lipinski definition) is 4. The van der Waals surface area contributed by atoms with Gasteiger partial charge in [-0.2, -0.15) is 10.4 Å². The first-order valence-electron chi connectivity index (χ1n) is 8.62. The van der Waals surface area contributed by atoms with Crippen LogP contribution in [0.4, 0.5) is 11.5 Å². The second-order valence-corrected chi connectivity index (χ2v) is 6.49. The Kier molecular flexibility index (Phi) is 5.53. The fourth-order valence-corrected chi connectivity index (χ4v) is 2.67. The number of rotatable bonds is 6. The number of carbonyl (C=O) groups is 1. The first-order chi connectivity index (χ1) is 13.0. The van der Waals surface area contributed by atoms with Crippen molar-refractivity contribution in [3.05, 3.63) is 77.5 Å². The quantitative estimate of drug-likeness (QED) is 0.734. The lowest BCUT2D eigenvalue weighted by Gasteiger charge is -2.12. The Bertz CT molecular complexity index is 949. The van der Waals surface area contributed by atoms with Gasteiger partial charge in [0.15, 0.2) is 5.82 Å². The number of nitrogens with one attached hydrogen (secondary N) is 1. The predicted molar refractivity (Wildman–Crippen MR) is 106 cm³/mol. The number of hydrogen-bond donors (Lipinski definition) is 1. The van der Waals surface area contributed by atoms with Crippen molar-refractivity contribution in [1.82, 2.24) is 9.78 Å². The molecule has 0 bridgehead atoms. The van der Waals surface area contributed by atoms with Gasteiger partial charge in [-0.15, -0.1) is 0 Å². The van der Waals surface area contributed by atoms with E-state index >= 15 is 0 Å². The van der Waals surface area contributed by atoms with Crippen LogP contribution in [0.5, 0.6) is 0 Å².